The fourth-order valence-electron chi connectivity index (χ4n) is 2.09. The van der Waals surface area contributed by atoms with Gasteiger partial charge in [0.05, 0.1) is 4.47 Å². The second-order valence-corrected chi connectivity index (χ2v) is 5.55. The number of hydrogen-bond donors (Lipinski definition) is 1. The van der Waals surface area contributed by atoms with Crippen LogP contribution >= 0.6 is 15.9 Å². The normalized spacial score (nSPS) is 14.1. The molecule has 0 fully saturated rings. The van der Waals surface area contributed by atoms with E-state index in [0.717, 1.165) is 5.56 Å². The van der Waals surface area contributed by atoms with E-state index in [1.807, 2.05) is 30.3 Å². The molecule has 0 aromatic heterocycles. The summed E-state index contributed by atoms with van der Waals surface area (Å²) in [7, 11) is 0. The Hall–Kier alpha value is -1.19. The van der Waals surface area contributed by atoms with Crippen LogP contribution < -0.4 is 5.32 Å². The first kappa shape index (κ1) is 14.2. The number of hydrogen-bond acceptors (Lipinski definition) is 1. The number of nitrogens with one attached hydrogen (secondary N) is 1. The van der Waals surface area contributed by atoms with Gasteiger partial charge in [-0.2, -0.15) is 0 Å². The Balaban J connectivity index is 2.08. The minimum atomic E-state index is -0.230. The van der Waals surface area contributed by atoms with E-state index >= 15 is 0 Å². The lowest BCUT2D eigenvalue weighted by Crippen LogP contribution is -2.22. The van der Waals surface area contributed by atoms with Crippen LogP contribution in [-0.2, 0) is 0 Å². The van der Waals surface area contributed by atoms with E-state index in [-0.39, 0.29) is 17.9 Å². The number of halogens is 2. The molecular formula is C16H17BrFN. The van der Waals surface area contributed by atoms with E-state index < -0.39 is 0 Å². The Bertz CT molecular complexity index is 542. The Morgan fingerprint density at radius 3 is 2.21 bits per heavy atom. The molecular weight excluding hydrogens is 305 g/mol. The molecule has 0 bridgehead atoms. The van der Waals surface area contributed by atoms with E-state index in [4.69, 9.17) is 0 Å². The van der Waals surface area contributed by atoms with Crippen molar-refractivity contribution in [3.05, 3.63) is 69.9 Å². The Morgan fingerprint density at radius 1 is 0.947 bits per heavy atom. The summed E-state index contributed by atoms with van der Waals surface area (Å²) in [5, 5.41) is 3.52. The molecule has 2 aromatic rings. The van der Waals surface area contributed by atoms with E-state index in [1.165, 1.54) is 11.6 Å². The van der Waals surface area contributed by atoms with Crippen LogP contribution in [0.15, 0.2) is 53.0 Å². The van der Waals surface area contributed by atoms with Gasteiger partial charge in [-0.1, -0.05) is 36.4 Å². The van der Waals surface area contributed by atoms with E-state index in [9.17, 15) is 4.39 Å². The lowest BCUT2D eigenvalue weighted by Gasteiger charge is -2.21. The molecule has 2 rings (SSSR count). The zero-order valence-corrected chi connectivity index (χ0v) is 12.6. The molecule has 0 saturated heterocycles. The van der Waals surface area contributed by atoms with Crippen LogP contribution in [0, 0.1) is 5.82 Å². The van der Waals surface area contributed by atoms with Gasteiger partial charge in [0.1, 0.15) is 5.82 Å². The van der Waals surface area contributed by atoms with Gasteiger partial charge >= 0.3 is 0 Å². The molecule has 1 nitrogen and oxygen atoms in total. The average Bonchev–Trinajstić information content (AvgIpc) is 2.42. The Morgan fingerprint density at radius 2 is 1.58 bits per heavy atom. The van der Waals surface area contributed by atoms with Crippen molar-refractivity contribution in [2.24, 2.45) is 0 Å². The van der Waals surface area contributed by atoms with Crippen molar-refractivity contribution in [2.45, 2.75) is 25.9 Å². The summed E-state index contributed by atoms with van der Waals surface area (Å²) in [5.74, 6) is -0.230. The molecule has 0 heterocycles. The molecule has 2 atom stereocenters. The highest BCUT2D eigenvalue weighted by molar-refractivity contribution is 9.10. The zero-order valence-electron chi connectivity index (χ0n) is 11.0. The maximum absolute atomic E-state index is 13.2. The third-order valence-corrected chi connectivity index (χ3v) is 3.85. The van der Waals surface area contributed by atoms with Gasteiger partial charge in [-0.05, 0) is 53.0 Å². The lowest BCUT2D eigenvalue weighted by molar-refractivity contribution is 0.493. The zero-order chi connectivity index (χ0) is 13.8. The first-order chi connectivity index (χ1) is 9.08. The summed E-state index contributed by atoms with van der Waals surface area (Å²) in [6.45, 7) is 4.21. The largest absolute Gasteiger partial charge is 0.304 e. The summed E-state index contributed by atoms with van der Waals surface area (Å²) in [6, 6.07) is 15.8. The van der Waals surface area contributed by atoms with Gasteiger partial charge in [-0.3, -0.25) is 0 Å². The maximum Gasteiger partial charge on any atom is 0.137 e. The monoisotopic (exact) mass is 321 g/mol. The van der Waals surface area contributed by atoms with Crippen LogP contribution in [0.3, 0.4) is 0 Å². The molecule has 0 aliphatic carbocycles. The van der Waals surface area contributed by atoms with Gasteiger partial charge in [0, 0.05) is 12.1 Å². The summed E-state index contributed by atoms with van der Waals surface area (Å²) in [6.07, 6.45) is 0. The van der Waals surface area contributed by atoms with Crippen molar-refractivity contribution in [3.63, 3.8) is 0 Å². The van der Waals surface area contributed by atoms with Crippen molar-refractivity contribution < 1.29 is 4.39 Å². The van der Waals surface area contributed by atoms with Crippen LogP contribution in [0.5, 0.6) is 0 Å². The average molecular weight is 322 g/mol. The number of benzene rings is 2. The van der Waals surface area contributed by atoms with Crippen molar-refractivity contribution in [2.75, 3.05) is 0 Å². The highest BCUT2D eigenvalue weighted by atomic mass is 79.9. The molecule has 0 aliphatic heterocycles. The van der Waals surface area contributed by atoms with Crippen LogP contribution in [0.1, 0.15) is 37.1 Å². The van der Waals surface area contributed by atoms with Crippen molar-refractivity contribution in [1.82, 2.24) is 5.32 Å². The van der Waals surface area contributed by atoms with Gasteiger partial charge in [-0.15, -0.1) is 0 Å². The van der Waals surface area contributed by atoms with Crippen molar-refractivity contribution >= 4 is 15.9 Å². The van der Waals surface area contributed by atoms with Gasteiger partial charge in [0.25, 0.3) is 0 Å². The fourth-order valence-corrected chi connectivity index (χ4v) is 2.49. The molecule has 0 spiro atoms. The summed E-state index contributed by atoms with van der Waals surface area (Å²) in [5.41, 5.74) is 2.31. The first-order valence-corrected chi connectivity index (χ1v) is 7.13. The summed E-state index contributed by atoms with van der Waals surface area (Å²) in [4.78, 5) is 0. The summed E-state index contributed by atoms with van der Waals surface area (Å²) >= 11 is 3.22. The van der Waals surface area contributed by atoms with E-state index in [0.29, 0.717) is 4.47 Å². The fraction of sp³-hybridized carbons (Fsp3) is 0.250. The standard InChI is InChI=1S/C16H17BrFN/c1-11(13-6-4-3-5-7-13)19-12(2)14-8-9-16(18)15(17)10-14/h3-12,19H,1-2H3/t11-,12?/m1/s1. The molecule has 0 saturated carbocycles. The molecule has 0 aliphatic rings. The molecule has 100 valence electrons. The van der Waals surface area contributed by atoms with Crippen molar-refractivity contribution in [3.8, 4) is 0 Å². The summed E-state index contributed by atoms with van der Waals surface area (Å²) < 4.78 is 13.7. The van der Waals surface area contributed by atoms with E-state index in [2.05, 4.69) is 47.2 Å². The lowest BCUT2D eigenvalue weighted by atomic mass is 10.0. The topological polar surface area (TPSA) is 12.0 Å². The highest BCUT2D eigenvalue weighted by Gasteiger charge is 2.12. The maximum atomic E-state index is 13.2. The predicted octanol–water partition coefficient (Wildman–Crippen LogP) is 5.00. The first-order valence-electron chi connectivity index (χ1n) is 6.34. The quantitative estimate of drug-likeness (QED) is 0.835. The molecule has 1 unspecified atom stereocenters. The van der Waals surface area contributed by atoms with E-state index in [1.54, 1.807) is 0 Å². The molecule has 0 amide bonds. The third-order valence-electron chi connectivity index (χ3n) is 3.24. The minimum absolute atomic E-state index is 0.159. The minimum Gasteiger partial charge on any atom is -0.304 e. The van der Waals surface area contributed by atoms with Crippen molar-refractivity contribution in [1.29, 1.82) is 0 Å². The second kappa shape index (κ2) is 6.31. The predicted molar refractivity (Wildman–Crippen MR) is 80.5 cm³/mol. The van der Waals surface area contributed by atoms with Gasteiger partial charge in [-0.25, -0.2) is 4.39 Å². The Kier molecular flexibility index (Phi) is 4.72. The van der Waals surface area contributed by atoms with Gasteiger partial charge in [0.2, 0.25) is 0 Å². The molecule has 1 N–H and O–H groups in total. The molecule has 3 heteroatoms. The molecule has 0 radical (unpaired) electrons. The second-order valence-electron chi connectivity index (χ2n) is 4.69. The number of rotatable bonds is 4. The van der Waals surface area contributed by atoms with Crippen LogP contribution in [0.4, 0.5) is 4.39 Å². The molecule has 19 heavy (non-hydrogen) atoms. The van der Waals surface area contributed by atoms with Crippen LogP contribution in [-0.4, -0.2) is 0 Å². The third kappa shape index (κ3) is 3.64. The molecule has 2 aromatic carbocycles. The van der Waals surface area contributed by atoms with Gasteiger partial charge < -0.3 is 5.32 Å². The van der Waals surface area contributed by atoms with Crippen LogP contribution in [0.25, 0.3) is 0 Å². The highest BCUT2D eigenvalue weighted by Crippen LogP contribution is 2.23. The smallest absolute Gasteiger partial charge is 0.137 e. The SMILES string of the molecule is CC(N[C@H](C)c1ccccc1)c1ccc(F)c(Br)c1. The van der Waals surface area contributed by atoms with Crippen LogP contribution in [0.2, 0.25) is 0 Å². The Labute approximate surface area is 122 Å². The van der Waals surface area contributed by atoms with Gasteiger partial charge in [0.15, 0.2) is 0 Å².